The Balaban J connectivity index is 2.10. The lowest BCUT2D eigenvalue weighted by Gasteiger charge is -2.18. The number of benzene rings is 1. The van der Waals surface area contributed by atoms with Crippen LogP contribution in [-0.4, -0.2) is 47.7 Å². The van der Waals surface area contributed by atoms with Gasteiger partial charge in [-0.25, -0.2) is 4.79 Å². The standard InChI is InChI=1S/C14H20N2O2/c1-11-4-6-12(7-5-11)13-10-16(8-3-9-17)14(18)15(13)2/h4-7,13,17H,3,8-10H2,1-2H3. The first-order valence-electron chi connectivity index (χ1n) is 6.32. The van der Waals surface area contributed by atoms with E-state index < -0.39 is 0 Å². The van der Waals surface area contributed by atoms with E-state index in [1.54, 1.807) is 9.80 Å². The second-order valence-electron chi connectivity index (χ2n) is 4.84. The number of nitrogens with zero attached hydrogens (tertiary/aromatic N) is 2. The summed E-state index contributed by atoms with van der Waals surface area (Å²) >= 11 is 0. The Morgan fingerprint density at radius 2 is 2.00 bits per heavy atom. The van der Waals surface area contributed by atoms with Crippen LogP contribution in [0.2, 0.25) is 0 Å². The molecular weight excluding hydrogens is 228 g/mol. The third kappa shape index (κ3) is 2.48. The minimum absolute atomic E-state index is 0.0500. The normalized spacial score (nSPS) is 19.7. The van der Waals surface area contributed by atoms with Gasteiger partial charge in [0, 0.05) is 26.7 Å². The molecule has 2 amide bonds. The van der Waals surface area contributed by atoms with Crippen molar-refractivity contribution in [1.29, 1.82) is 0 Å². The number of likely N-dealkylation sites (N-methyl/N-ethyl adjacent to an activating group) is 1. The molecule has 1 unspecified atom stereocenters. The number of carbonyl (C=O) groups excluding carboxylic acids is 1. The lowest BCUT2D eigenvalue weighted by Crippen LogP contribution is -2.30. The quantitative estimate of drug-likeness (QED) is 0.882. The summed E-state index contributed by atoms with van der Waals surface area (Å²) in [7, 11) is 1.84. The molecule has 1 aromatic rings. The maximum atomic E-state index is 12.0. The molecule has 2 rings (SSSR count). The van der Waals surface area contributed by atoms with Crippen molar-refractivity contribution in [3.8, 4) is 0 Å². The van der Waals surface area contributed by atoms with Crippen molar-refractivity contribution >= 4 is 6.03 Å². The summed E-state index contributed by atoms with van der Waals surface area (Å²) in [5, 5.41) is 8.84. The number of aryl methyl sites for hydroxylation is 1. The fraction of sp³-hybridized carbons (Fsp3) is 0.500. The van der Waals surface area contributed by atoms with E-state index in [2.05, 4.69) is 31.2 Å². The van der Waals surface area contributed by atoms with Gasteiger partial charge in [-0.15, -0.1) is 0 Å². The molecule has 1 saturated heterocycles. The zero-order valence-electron chi connectivity index (χ0n) is 11.0. The molecule has 0 aromatic heterocycles. The maximum absolute atomic E-state index is 12.0. The predicted octanol–water partition coefficient (Wildman–Crippen LogP) is 1.79. The van der Waals surface area contributed by atoms with E-state index in [0.29, 0.717) is 19.5 Å². The second kappa shape index (κ2) is 5.40. The number of carbonyl (C=O) groups is 1. The fourth-order valence-electron chi connectivity index (χ4n) is 2.33. The molecule has 1 heterocycles. The molecule has 1 fully saturated rings. The molecule has 98 valence electrons. The molecule has 0 radical (unpaired) electrons. The largest absolute Gasteiger partial charge is 0.396 e. The molecule has 0 aliphatic carbocycles. The number of hydrogen-bond acceptors (Lipinski definition) is 2. The molecule has 1 N–H and O–H groups in total. The smallest absolute Gasteiger partial charge is 0.320 e. The Labute approximate surface area is 108 Å². The van der Waals surface area contributed by atoms with Gasteiger partial charge in [-0.05, 0) is 18.9 Å². The molecule has 0 bridgehead atoms. The number of amides is 2. The van der Waals surface area contributed by atoms with E-state index in [1.807, 2.05) is 7.05 Å². The Bertz CT molecular complexity index is 416. The van der Waals surface area contributed by atoms with Crippen LogP contribution in [0.25, 0.3) is 0 Å². The van der Waals surface area contributed by atoms with Crippen molar-refractivity contribution in [3.05, 3.63) is 35.4 Å². The van der Waals surface area contributed by atoms with Crippen molar-refractivity contribution < 1.29 is 9.90 Å². The molecular formula is C14H20N2O2. The minimum atomic E-state index is 0.0500. The van der Waals surface area contributed by atoms with E-state index in [-0.39, 0.29) is 18.7 Å². The molecule has 1 aliphatic rings. The number of hydrogen-bond donors (Lipinski definition) is 1. The average molecular weight is 248 g/mol. The molecule has 0 spiro atoms. The molecule has 4 heteroatoms. The molecule has 4 nitrogen and oxygen atoms in total. The molecule has 0 saturated carbocycles. The number of urea groups is 1. The van der Waals surface area contributed by atoms with Gasteiger partial charge < -0.3 is 14.9 Å². The van der Waals surface area contributed by atoms with Gasteiger partial charge in [-0.3, -0.25) is 0 Å². The lowest BCUT2D eigenvalue weighted by atomic mass is 10.1. The highest BCUT2D eigenvalue weighted by Gasteiger charge is 2.34. The SMILES string of the molecule is Cc1ccc(C2CN(CCCO)C(=O)N2C)cc1. The number of rotatable bonds is 4. The number of aliphatic hydroxyl groups excluding tert-OH is 1. The Morgan fingerprint density at radius 3 is 2.61 bits per heavy atom. The van der Waals surface area contributed by atoms with Gasteiger partial charge in [0.2, 0.25) is 0 Å². The van der Waals surface area contributed by atoms with Gasteiger partial charge in [-0.2, -0.15) is 0 Å². The Hall–Kier alpha value is -1.55. The molecule has 1 atom stereocenters. The maximum Gasteiger partial charge on any atom is 0.320 e. The highest BCUT2D eigenvalue weighted by Crippen LogP contribution is 2.28. The zero-order chi connectivity index (χ0) is 13.1. The van der Waals surface area contributed by atoms with Gasteiger partial charge in [0.1, 0.15) is 0 Å². The molecule has 1 aliphatic heterocycles. The molecule has 18 heavy (non-hydrogen) atoms. The van der Waals surface area contributed by atoms with Crippen LogP contribution in [-0.2, 0) is 0 Å². The van der Waals surface area contributed by atoms with Crippen LogP contribution in [0, 0.1) is 6.92 Å². The van der Waals surface area contributed by atoms with E-state index in [1.165, 1.54) is 11.1 Å². The van der Waals surface area contributed by atoms with Crippen LogP contribution in [0.3, 0.4) is 0 Å². The minimum Gasteiger partial charge on any atom is -0.396 e. The van der Waals surface area contributed by atoms with Gasteiger partial charge in [0.05, 0.1) is 6.04 Å². The summed E-state index contributed by atoms with van der Waals surface area (Å²) in [6.07, 6.45) is 0.639. The lowest BCUT2D eigenvalue weighted by molar-refractivity contribution is 0.191. The van der Waals surface area contributed by atoms with E-state index in [4.69, 9.17) is 5.11 Å². The van der Waals surface area contributed by atoms with Gasteiger partial charge >= 0.3 is 6.03 Å². The summed E-state index contributed by atoms with van der Waals surface area (Å²) in [6, 6.07) is 8.48. The fourth-order valence-corrected chi connectivity index (χ4v) is 2.33. The predicted molar refractivity (Wildman–Crippen MR) is 70.4 cm³/mol. The Morgan fingerprint density at radius 1 is 1.33 bits per heavy atom. The van der Waals surface area contributed by atoms with Crippen LogP contribution in [0.5, 0.6) is 0 Å². The summed E-state index contributed by atoms with van der Waals surface area (Å²) in [6.45, 7) is 3.52. The van der Waals surface area contributed by atoms with Crippen LogP contribution < -0.4 is 0 Å². The monoisotopic (exact) mass is 248 g/mol. The van der Waals surface area contributed by atoms with E-state index in [9.17, 15) is 4.79 Å². The van der Waals surface area contributed by atoms with Crippen LogP contribution in [0.15, 0.2) is 24.3 Å². The highest BCUT2D eigenvalue weighted by atomic mass is 16.3. The average Bonchev–Trinajstić information content (AvgIpc) is 2.65. The van der Waals surface area contributed by atoms with Crippen LogP contribution >= 0.6 is 0 Å². The topological polar surface area (TPSA) is 43.8 Å². The summed E-state index contributed by atoms with van der Waals surface area (Å²) in [5.41, 5.74) is 2.39. The number of aliphatic hydroxyl groups is 1. The van der Waals surface area contributed by atoms with Crippen molar-refractivity contribution in [3.63, 3.8) is 0 Å². The van der Waals surface area contributed by atoms with Gasteiger partial charge in [0.25, 0.3) is 0 Å². The summed E-state index contributed by atoms with van der Waals surface area (Å²) < 4.78 is 0. The van der Waals surface area contributed by atoms with Crippen molar-refractivity contribution in [2.24, 2.45) is 0 Å². The zero-order valence-corrected chi connectivity index (χ0v) is 11.0. The Kier molecular flexibility index (Phi) is 3.87. The first-order chi connectivity index (χ1) is 8.63. The van der Waals surface area contributed by atoms with Gasteiger partial charge in [0.15, 0.2) is 0 Å². The van der Waals surface area contributed by atoms with E-state index in [0.717, 1.165) is 0 Å². The van der Waals surface area contributed by atoms with Gasteiger partial charge in [-0.1, -0.05) is 29.8 Å². The van der Waals surface area contributed by atoms with Crippen LogP contribution in [0.4, 0.5) is 4.79 Å². The first-order valence-corrected chi connectivity index (χ1v) is 6.32. The highest BCUT2D eigenvalue weighted by molar-refractivity contribution is 5.77. The first kappa shape index (κ1) is 12.9. The van der Waals surface area contributed by atoms with Crippen molar-refractivity contribution in [2.75, 3.05) is 26.7 Å². The summed E-state index contributed by atoms with van der Waals surface area (Å²) in [5.74, 6) is 0. The molecule has 1 aromatic carbocycles. The third-order valence-corrected chi connectivity index (χ3v) is 3.48. The van der Waals surface area contributed by atoms with Crippen molar-refractivity contribution in [1.82, 2.24) is 9.80 Å². The third-order valence-electron chi connectivity index (χ3n) is 3.48. The van der Waals surface area contributed by atoms with E-state index >= 15 is 0 Å². The summed E-state index contributed by atoms with van der Waals surface area (Å²) in [4.78, 5) is 15.6. The van der Waals surface area contributed by atoms with Crippen molar-refractivity contribution in [2.45, 2.75) is 19.4 Å². The second-order valence-corrected chi connectivity index (χ2v) is 4.84. The van der Waals surface area contributed by atoms with Crippen LogP contribution in [0.1, 0.15) is 23.6 Å².